The van der Waals surface area contributed by atoms with Gasteiger partial charge in [-0.25, -0.2) is 4.79 Å². The van der Waals surface area contributed by atoms with E-state index in [1.54, 1.807) is 26.8 Å². The van der Waals surface area contributed by atoms with Crippen LogP contribution in [0, 0.1) is 5.41 Å². The van der Waals surface area contributed by atoms with Crippen molar-refractivity contribution in [1.29, 1.82) is 0 Å². The Bertz CT molecular complexity index is 402. The van der Waals surface area contributed by atoms with E-state index in [0.29, 0.717) is 25.8 Å². The quantitative estimate of drug-likeness (QED) is 0.869. The number of carboxylic acids is 1. The maximum absolute atomic E-state index is 12.1. The van der Waals surface area contributed by atoms with Crippen LogP contribution in [0.5, 0.6) is 0 Å². The normalized spacial score (nSPS) is 23.9. The molecular formula is C14H22ClNO4. The van der Waals surface area contributed by atoms with Crippen molar-refractivity contribution in [2.24, 2.45) is 5.41 Å². The molecule has 20 heavy (non-hydrogen) atoms. The van der Waals surface area contributed by atoms with Gasteiger partial charge in [0, 0.05) is 18.6 Å². The smallest absolute Gasteiger partial charge is 0.410 e. The zero-order chi connectivity index (χ0) is 15.4. The molecule has 1 heterocycles. The van der Waals surface area contributed by atoms with Crippen molar-refractivity contribution >= 4 is 23.7 Å². The monoisotopic (exact) mass is 303 g/mol. The summed E-state index contributed by atoms with van der Waals surface area (Å²) >= 11 is 5.49. The number of piperidine rings is 1. The lowest BCUT2D eigenvalue weighted by Crippen LogP contribution is -2.50. The van der Waals surface area contributed by atoms with Crippen molar-refractivity contribution < 1.29 is 19.4 Å². The Morgan fingerprint density at radius 1 is 1.45 bits per heavy atom. The first-order valence-corrected chi connectivity index (χ1v) is 7.10. The largest absolute Gasteiger partial charge is 0.481 e. The summed E-state index contributed by atoms with van der Waals surface area (Å²) in [6.45, 7) is 6.04. The van der Waals surface area contributed by atoms with E-state index in [0.717, 1.165) is 0 Å². The summed E-state index contributed by atoms with van der Waals surface area (Å²) in [5, 5.41) is 9.49. The summed E-state index contributed by atoms with van der Waals surface area (Å²) in [5.74, 6) is -0.902. The molecule has 1 atom stereocenters. The Balaban J connectivity index is 2.82. The van der Waals surface area contributed by atoms with Crippen LogP contribution in [-0.4, -0.2) is 40.8 Å². The van der Waals surface area contributed by atoms with E-state index in [9.17, 15) is 14.7 Å². The highest BCUT2D eigenvalue weighted by Crippen LogP contribution is 2.35. The SMILES string of the molecule is CC(C)(C)OC(=O)N1CCCC(C/C=C/Cl)(C(=O)O)C1. The lowest BCUT2D eigenvalue weighted by Gasteiger charge is -2.39. The van der Waals surface area contributed by atoms with Gasteiger partial charge in [-0.05, 0) is 40.0 Å². The van der Waals surface area contributed by atoms with Gasteiger partial charge in [-0.3, -0.25) is 4.79 Å². The van der Waals surface area contributed by atoms with E-state index in [4.69, 9.17) is 16.3 Å². The van der Waals surface area contributed by atoms with E-state index in [2.05, 4.69) is 0 Å². The molecule has 1 N–H and O–H groups in total. The van der Waals surface area contributed by atoms with Crippen molar-refractivity contribution in [3.05, 3.63) is 11.6 Å². The van der Waals surface area contributed by atoms with Gasteiger partial charge in [0.15, 0.2) is 0 Å². The van der Waals surface area contributed by atoms with Gasteiger partial charge >= 0.3 is 12.1 Å². The van der Waals surface area contributed by atoms with Gasteiger partial charge in [0.05, 0.1) is 5.41 Å². The maximum Gasteiger partial charge on any atom is 0.410 e. The Hall–Kier alpha value is -1.23. The highest BCUT2D eigenvalue weighted by atomic mass is 35.5. The Labute approximate surface area is 124 Å². The first kappa shape index (κ1) is 16.8. The molecule has 0 aromatic heterocycles. The number of hydrogen-bond acceptors (Lipinski definition) is 3. The Morgan fingerprint density at radius 2 is 2.10 bits per heavy atom. The number of carbonyl (C=O) groups excluding carboxylic acids is 1. The molecule has 1 fully saturated rings. The molecule has 0 aromatic carbocycles. The van der Waals surface area contributed by atoms with Gasteiger partial charge in [0.25, 0.3) is 0 Å². The molecule has 1 rings (SSSR count). The molecule has 1 aliphatic rings. The van der Waals surface area contributed by atoms with Gasteiger partial charge in [0.1, 0.15) is 5.60 Å². The molecule has 5 nitrogen and oxygen atoms in total. The van der Waals surface area contributed by atoms with Crippen LogP contribution in [0.1, 0.15) is 40.0 Å². The van der Waals surface area contributed by atoms with Crippen LogP contribution in [-0.2, 0) is 9.53 Å². The van der Waals surface area contributed by atoms with Crippen LogP contribution >= 0.6 is 11.6 Å². The summed E-state index contributed by atoms with van der Waals surface area (Å²) in [4.78, 5) is 25.1. The lowest BCUT2D eigenvalue weighted by atomic mass is 9.77. The van der Waals surface area contributed by atoms with E-state index in [1.165, 1.54) is 10.4 Å². The van der Waals surface area contributed by atoms with Crippen LogP contribution in [0.4, 0.5) is 4.79 Å². The zero-order valence-electron chi connectivity index (χ0n) is 12.2. The average molecular weight is 304 g/mol. The predicted molar refractivity (Wildman–Crippen MR) is 76.7 cm³/mol. The van der Waals surface area contributed by atoms with Crippen LogP contribution in [0.2, 0.25) is 0 Å². The zero-order valence-corrected chi connectivity index (χ0v) is 12.9. The van der Waals surface area contributed by atoms with E-state index in [1.807, 2.05) is 0 Å². The third-order valence-corrected chi connectivity index (χ3v) is 3.46. The second-order valence-electron chi connectivity index (χ2n) is 6.16. The Kier molecular flexibility index (Phi) is 5.45. The standard InChI is InChI=1S/C14H22ClNO4/c1-13(2,3)20-12(19)16-9-5-7-14(10-16,11(17)18)6-4-8-15/h4,8H,5-7,9-10H2,1-3H3,(H,17,18)/b8-4+. The minimum absolute atomic E-state index is 0.151. The van der Waals surface area contributed by atoms with Crippen molar-refractivity contribution in [3.8, 4) is 0 Å². The number of aliphatic carboxylic acids is 1. The molecule has 1 aliphatic heterocycles. The number of amides is 1. The lowest BCUT2D eigenvalue weighted by molar-refractivity contribution is -0.152. The number of rotatable bonds is 3. The summed E-state index contributed by atoms with van der Waals surface area (Å²) in [7, 11) is 0. The second kappa shape index (κ2) is 6.48. The summed E-state index contributed by atoms with van der Waals surface area (Å²) < 4.78 is 5.30. The molecule has 1 unspecified atom stereocenters. The molecular weight excluding hydrogens is 282 g/mol. The molecule has 0 bridgehead atoms. The fraction of sp³-hybridized carbons (Fsp3) is 0.714. The van der Waals surface area contributed by atoms with Crippen molar-refractivity contribution in [2.45, 2.75) is 45.6 Å². The first-order chi connectivity index (χ1) is 9.20. The van der Waals surface area contributed by atoms with Gasteiger partial charge < -0.3 is 14.7 Å². The topological polar surface area (TPSA) is 66.8 Å². The van der Waals surface area contributed by atoms with Crippen LogP contribution in [0.3, 0.4) is 0 Å². The minimum Gasteiger partial charge on any atom is -0.481 e. The second-order valence-corrected chi connectivity index (χ2v) is 6.41. The molecule has 114 valence electrons. The fourth-order valence-electron chi connectivity index (χ4n) is 2.31. The molecule has 0 aromatic rings. The molecule has 6 heteroatoms. The van der Waals surface area contributed by atoms with Crippen LogP contribution in [0.25, 0.3) is 0 Å². The molecule has 0 radical (unpaired) electrons. The molecule has 0 aliphatic carbocycles. The van der Waals surface area contributed by atoms with E-state index in [-0.39, 0.29) is 6.54 Å². The van der Waals surface area contributed by atoms with Crippen molar-refractivity contribution in [2.75, 3.05) is 13.1 Å². The number of carboxylic acid groups (broad SMARTS) is 1. The number of allylic oxidation sites excluding steroid dienone is 1. The van der Waals surface area contributed by atoms with Crippen molar-refractivity contribution in [1.82, 2.24) is 4.90 Å². The van der Waals surface area contributed by atoms with Gasteiger partial charge in [-0.15, -0.1) is 0 Å². The number of ether oxygens (including phenoxy) is 1. The van der Waals surface area contributed by atoms with Gasteiger partial charge in [-0.2, -0.15) is 0 Å². The highest BCUT2D eigenvalue weighted by Gasteiger charge is 2.43. The number of hydrogen-bond donors (Lipinski definition) is 1. The molecule has 0 spiro atoms. The number of likely N-dealkylation sites (tertiary alicyclic amines) is 1. The van der Waals surface area contributed by atoms with Gasteiger partial charge in [0.2, 0.25) is 0 Å². The maximum atomic E-state index is 12.1. The van der Waals surface area contributed by atoms with Crippen LogP contribution < -0.4 is 0 Å². The van der Waals surface area contributed by atoms with Crippen molar-refractivity contribution in [3.63, 3.8) is 0 Å². The summed E-state index contributed by atoms with van der Waals surface area (Å²) in [6.07, 6.45) is 2.64. The number of carbonyl (C=O) groups is 2. The number of halogens is 1. The molecule has 1 saturated heterocycles. The minimum atomic E-state index is -0.972. The molecule has 1 amide bonds. The summed E-state index contributed by atoms with van der Waals surface area (Å²) in [5.41, 5.74) is -0.242. The number of nitrogens with zero attached hydrogens (tertiary/aromatic N) is 1. The fourth-order valence-corrected chi connectivity index (χ4v) is 2.40. The molecule has 0 saturated carbocycles. The summed E-state index contributed by atoms with van der Waals surface area (Å²) in [6, 6.07) is 0. The Morgan fingerprint density at radius 3 is 2.60 bits per heavy atom. The third kappa shape index (κ3) is 4.40. The van der Waals surface area contributed by atoms with E-state index < -0.39 is 23.1 Å². The van der Waals surface area contributed by atoms with Crippen LogP contribution in [0.15, 0.2) is 11.6 Å². The highest BCUT2D eigenvalue weighted by molar-refractivity contribution is 6.25. The first-order valence-electron chi connectivity index (χ1n) is 6.67. The third-order valence-electron chi connectivity index (χ3n) is 3.28. The average Bonchev–Trinajstić information content (AvgIpc) is 2.34. The van der Waals surface area contributed by atoms with E-state index >= 15 is 0 Å². The van der Waals surface area contributed by atoms with Gasteiger partial charge in [-0.1, -0.05) is 17.7 Å². The predicted octanol–water partition coefficient (Wildman–Crippen LogP) is 3.23.